The third-order valence-electron chi connectivity index (χ3n) is 4.20. The Morgan fingerprint density at radius 3 is 2.28 bits per heavy atom. The van der Waals surface area contributed by atoms with Crippen molar-refractivity contribution in [2.24, 2.45) is 11.8 Å². The van der Waals surface area contributed by atoms with Crippen LogP contribution in [0.3, 0.4) is 0 Å². The van der Waals surface area contributed by atoms with E-state index in [0.717, 1.165) is 20.3 Å². The smallest absolute Gasteiger partial charge is 0.307 e. The number of hydrogen-bond acceptors (Lipinski definition) is 2. The van der Waals surface area contributed by atoms with Gasteiger partial charge in [-0.05, 0) is 60.6 Å². The van der Waals surface area contributed by atoms with Crippen molar-refractivity contribution >= 4 is 40.2 Å². The molecule has 2 N–H and O–H groups in total. The SMILES string of the molecule is Cc1cc(C)cc(C[C@@H](C(=O)O)[C@H](C)C(=O)Nc2ccccc2I)c1. The minimum atomic E-state index is -0.954. The van der Waals surface area contributed by atoms with Crippen LogP contribution in [0.2, 0.25) is 0 Å². The minimum Gasteiger partial charge on any atom is -0.481 e. The predicted octanol–water partition coefficient (Wildman–Crippen LogP) is 4.43. The number of para-hydroxylation sites is 1. The highest BCUT2D eigenvalue weighted by Gasteiger charge is 2.30. The van der Waals surface area contributed by atoms with Crippen LogP contribution in [0.1, 0.15) is 23.6 Å². The molecule has 0 fully saturated rings. The van der Waals surface area contributed by atoms with Gasteiger partial charge in [-0.15, -0.1) is 0 Å². The summed E-state index contributed by atoms with van der Waals surface area (Å²) in [5, 5.41) is 12.5. The minimum absolute atomic E-state index is 0.277. The second-order valence-electron chi connectivity index (χ2n) is 6.40. The first-order chi connectivity index (χ1) is 11.8. The normalized spacial score (nSPS) is 13.1. The number of amides is 1. The van der Waals surface area contributed by atoms with Crippen molar-refractivity contribution in [1.82, 2.24) is 0 Å². The van der Waals surface area contributed by atoms with Gasteiger partial charge < -0.3 is 10.4 Å². The number of aliphatic carboxylic acids is 1. The molecule has 0 aliphatic carbocycles. The Bertz CT molecular complexity index is 768. The Morgan fingerprint density at radius 2 is 1.72 bits per heavy atom. The summed E-state index contributed by atoms with van der Waals surface area (Å²) in [5.41, 5.74) is 3.83. The topological polar surface area (TPSA) is 66.4 Å². The van der Waals surface area contributed by atoms with Gasteiger partial charge in [0.1, 0.15) is 0 Å². The second kappa shape index (κ2) is 8.47. The first kappa shape index (κ1) is 19.4. The van der Waals surface area contributed by atoms with Crippen molar-refractivity contribution in [2.75, 3.05) is 5.32 Å². The van der Waals surface area contributed by atoms with Crippen LogP contribution in [-0.2, 0) is 16.0 Å². The molecule has 0 aromatic heterocycles. The van der Waals surface area contributed by atoms with Crippen molar-refractivity contribution in [2.45, 2.75) is 27.2 Å². The zero-order valence-electron chi connectivity index (χ0n) is 14.5. The van der Waals surface area contributed by atoms with Gasteiger partial charge in [0, 0.05) is 9.49 Å². The average molecular weight is 451 g/mol. The van der Waals surface area contributed by atoms with Gasteiger partial charge in [-0.2, -0.15) is 0 Å². The summed E-state index contributed by atoms with van der Waals surface area (Å²) in [7, 11) is 0. The Balaban J connectivity index is 2.17. The van der Waals surface area contributed by atoms with Crippen LogP contribution in [0.25, 0.3) is 0 Å². The molecule has 2 aromatic rings. The Hall–Kier alpha value is -1.89. The molecule has 132 valence electrons. The first-order valence-electron chi connectivity index (χ1n) is 8.13. The van der Waals surface area contributed by atoms with E-state index in [4.69, 9.17) is 0 Å². The lowest BCUT2D eigenvalue weighted by Crippen LogP contribution is -2.33. The molecule has 0 unspecified atom stereocenters. The van der Waals surface area contributed by atoms with E-state index in [9.17, 15) is 14.7 Å². The van der Waals surface area contributed by atoms with E-state index in [-0.39, 0.29) is 5.91 Å². The molecule has 0 aliphatic heterocycles. The van der Waals surface area contributed by atoms with Gasteiger partial charge in [0.2, 0.25) is 5.91 Å². The molecule has 5 heteroatoms. The number of rotatable bonds is 6. The van der Waals surface area contributed by atoms with Crippen LogP contribution >= 0.6 is 22.6 Å². The molecular formula is C20H22INO3. The zero-order valence-corrected chi connectivity index (χ0v) is 16.7. The molecule has 0 spiro atoms. The summed E-state index contributed by atoms with van der Waals surface area (Å²) < 4.78 is 0.918. The van der Waals surface area contributed by atoms with E-state index in [1.807, 2.05) is 56.3 Å². The average Bonchev–Trinajstić information content (AvgIpc) is 2.53. The number of benzene rings is 2. The number of aryl methyl sites for hydroxylation is 2. The molecule has 1 amide bonds. The van der Waals surface area contributed by atoms with Crippen LogP contribution in [0, 0.1) is 29.3 Å². The van der Waals surface area contributed by atoms with Crippen LogP contribution in [0.15, 0.2) is 42.5 Å². The van der Waals surface area contributed by atoms with E-state index >= 15 is 0 Å². The van der Waals surface area contributed by atoms with E-state index in [1.165, 1.54) is 0 Å². The third kappa shape index (κ3) is 5.29. The molecule has 0 radical (unpaired) electrons. The number of hydrogen-bond donors (Lipinski definition) is 2. The van der Waals surface area contributed by atoms with E-state index < -0.39 is 17.8 Å². The maximum atomic E-state index is 12.6. The highest BCUT2D eigenvalue weighted by molar-refractivity contribution is 14.1. The van der Waals surface area contributed by atoms with Crippen LogP contribution in [-0.4, -0.2) is 17.0 Å². The van der Waals surface area contributed by atoms with Gasteiger partial charge in [0.25, 0.3) is 0 Å². The fraction of sp³-hybridized carbons (Fsp3) is 0.300. The summed E-state index contributed by atoms with van der Waals surface area (Å²) in [6.07, 6.45) is 0.332. The Kier molecular flexibility index (Phi) is 6.58. The monoisotopic (exact) mass is 451 g/mol. The maximum Gasteiger partial charge on any atom is 0.307 e. The predicted molar refractivity (Wildman–Crippen MR) is 108 cm³/mol. The number of halogens is 1. The number of carboxylic acids is 1. The molecule has 0 heterocycles. The van der Waals surface area contributed by atoms with Crippen LogP contribution < -0.4 is 5.32 Å². The lowest BCUT2D eigenvalue weighted by atomic mass is 9.86. The van der Waals surface area contributed by atoms with Crippen molar-refractivity contribution in [3.63, 3.8) is 0 Å². The summed E-state index contributed by atoms with van der Waals surface area (Å²) >= 11 is 2.14. The van der Waals surface area contributed by atoms with E-state index in [0.29, 0.717) is 12.1 Å². The van der Waals surface area contributed by atoms with Crippen molar-refractivity contribution in [3.8, 4) is 0 Å². The molecule has 2 atom stereocenters. The molecular weight excluding hydrogens is 429 g/mol. The van der Waals surface area contributed by atoms with Gasteiger partial charge in [0.15, 0.2) is 0 Å². The lowest BCUT2D eigenvalue weighted by Gasteiger charge is -2.20. The Morgan fingerprint density at radius 1 is 1.12 bits per heavy atom. The number of anilines is 1. The van der Waals surface area contributed by atoms with E-state index in [2.05, 4.69) is 27.9 Å². The number of nitrogens with one attached hydrogen (secondary N) is 1. The summed E-state index contributed by atoms with van der Waals surface area (Å²) in [6, 6.07) is 13.4. The van der Waals surface area contributed by atoms with Crippen LogP contribution in [0.5, 0.6) is 0 Å². The van der Waals surface area contributed by atoms with Crippen molar-refractivity contribution < 1.29 is 14.7 Å². The summed E-state index contributed by atoms with van der Waals surface area (Å²) in [4.78, 5) is 24.3. The molecule has 0 saturated carbocycles. The fourth-order valence-corrected chi connectivity index (χ4v) is 3.43. The van der Waals surface area contributed by atoms with Gasteiger partial charge in [0.05, 0.1) is 11.6 Å². The molecule has 0 aliphatic rings. The van der Waals surface area contributed by atoms with Gasteiger partial charge in [-0.25, -0.2) is 0 Å². The molecule has 2 rings (SSSR count). The molecule has 4 nitrogen and oxygen atoms in total. The van der Waals surface area contributed by atoms with Crippen LogP contribution in [0.4, 0.5) is 5.69 Å². The van der Waals surface area contributed by atoms with Crippen molar-refractivity contribution in [3.05, 3.63) is 62.7 Å². The number of carboxylic acid groups (broad SMARTS) is 1. The summed E-state index contributed by atoms with van der Waals surface area (Å²) in [6.45, 7) is 5.64. The molecule has 0 bridgehead atoms. The van der Waals surface area contributed by atoms with Gasteiger partial charge in [-0.1, -0.05) is 48.4 Å². The van der Waals surface area contributed by atoms with Gasteiger partial charge >= 0.3 is 5.97 Å². The summed E-state index contributed by atoms with van der Waals surface area (Å²) in [5.74, 6) is -2.65. The first-order valence-corrected chi connectivity index (χ1v) is 9.21. The maximum absolute atomic E-state index is 12.6. The second-order valence-corrected chi connectivity index (χ2v) is 7.56. The molecule has 2 aromatic carbocycles. The van der Waals surface area contributed by atoms with E-state index in [1.54, 1.807) is 6.92 Å². The number of carbonyl (C=O) groups excluding carboxylic acids is 1. The highest BCUT2D eigenvalue weighted by Crippen LogP contribution is 2.23. The lowest BCUT2D eigenvalue weighted by molar-refractivity contribution is -0.145. The third-order valence-corrected chi connectivity index (χ3v) is 5.14. The standard InChI is InChI=1S/C20H22INO3/c1-12-8-13(2)10-15(9-12)11-16(20(24)25)14(3)19(23)22-18-7-5-4-6-17(18)21/h4-10,14,16H,11H2,1-3H3,(H,22,23)(H,24,25)/t14-,16+/m0/s1. The number of carbonyl (C=O) groups is 2. The van der Waals surface area contributed by atoms with Gasteiger partial charge in [-0.3, -0.25) is 9.59 Å². The highest BCUT2D eigenvalue weighted by atomic mass is 127. The largest absolute Gasteiger partial charge is 0.481 e. The fourth-order valence-electron chi connectivity index (χ4n) is 2.91. The van der Waals surface area contributed by atoms with Crippen molar-refractivity contribution in [1.29, 1.82) is 0 Å². The molecule has 0 saturated heterocycles. The molecule has 25 heavy (non-hydrogen) atoms. The zero-order chi connectivity index (χ0) is 18.6. The Labute approximate surface area is 161 Å². The quantitative estimate of drug-likeness (QED) is 0.639.